The van der Waals surface area contributed by atoms with Gasteiger partial charge in [-0.05, 0) is 62.3 Å². The maximum atomic E-state index is 12.7. The summed E-state index contributed by atoms with van der Waals surface area (Å²) in [6.07, 6.45) is 3.68. The minimum absolute atomic E-state index is 0.250. The number of thiophene rings is 1. The summed E-state index contributed by atoms with van der Waals surface area (Å²) in [5.41, 5.74) is 3.62. The number of hydrogen-bond acceptors (Lipinski definition) is 5. The summed E-state index contributed by atoms with van der Waals surface area (Å²) >= 11 is 7.62. The predicted molar refractivity (Wildman–Crippen MR) is 115 cm³/mol. The van der Waals surface area contributed by atoms with E-state index in [9.17, 15) is 14.4 Å². The Morgan fingerprint density at radius 1 is 1.14 bits per heavy atom. The van der Waals surface area contributed by atoms with Crippen LogP contribution in [0.4, 0.5) is 10.7 Å². The average molecular weight is 435 g/mol. The normalized spacial score (nSPS) is 12.8. The molecule has 0 saturated carbocycles. The van der Waals surface area contributed by atoms with Crippen LogP contribution >= 0.6 is 22.9 Å². The molecule has 1 aliphatic carbocycles. The van der Waals surface area contributed by atoms with Crippen LogP contribution in [0.1, 0.15) is 51.7 Å². The second-order valence-electron chi connectivity index (χ2n) is 7.16. The molecule has 0 radical (unpaired) electrons. The molecule has 0 fully saturated rings. The molecule has 0 saturated heterocycles. The van der Waals surface area contributed by atoms with Gasteiger partial charge in [-0.15, -0.1) is 11.3 Å². The Morgan fingerprint density at radius 3 is 2.55 bits per heavy atom. The third-order valence-corrected chi connectivity index (χ3v) is 6.20. The van der Waals surface area contributed by atoms with E-state index in [1.807, 2.05) is 19.9 Å². The fourth-order valence-corrected chi connectivity index (χ4v) is 5.17. The molecule has 0 bridgehead atoms. The van der Waals surface area contributed by atoms with Crippen molar-refractivity contribution < 1.29 is 19.1 Å². The molecule has 29 heavy (non-hydrogen) atoms. The van der Waals surface area contributed by atoms with Gasteiger partial charge >= 0.3 is 5.97 Å². The monoisotopic (exact) mass is 434 g/mol. The van der Waals surface area contributed by atoms with Crippen LogP contribution in [-0.4, -0.2) is 24.4 Å². The van der Waals surface area contributed by atoms with Crippen molar-refractivity contribution in [1.82, 2.24) is 0 Å². The first kappa shape index (κ1) is 21.3. The lowest BCUT2D eigenvalue weighted by Crippen LogP contribution is -2.22. The average Bonchev–Trinajstić information content (AvgIpc) is 2.99. The first-order valence-electron chi connectivity index (χ1n) is 9.42. The summed E-state index contributed by atoms with van der Waals surface area (Å²) in [5.74, 6) is -1.33. The van der Waals surface area contributed by atoms with Crippen LogP contribution in [-0.2, 0) is 27.2 Å². The van der Waals surface area contributed by atoms with Crippen LogP contribution < -0.4 is 10.6 Å². The van der Waals surface area contributed by atoms with Gasteiger partial charge in [0.25, 0.3) is 5.91 Å². The molecule has 2 amide bonds. The molecule has 2 N–H and O–H groups in total. The molecule has 1 heterocycles. The molecule has 2 aromatic rings. The topological polar surface area (TPSA) is 84.5 Å². The van der Waals surface area contributed by atoms with Gasteiger partial charge in [-0.25, -0.2) is 4.79 Å². The number of carbonyl (C=O) groups is 3. The van der Waals surface area contributed by atoms with Crippen molar-refractivity contribution in [2.75, 3.05) is 17.2 Å². The second-order valence-corrected chi connectivity index (χ2v) is 8.67. The van der Waals surface area contributed by atoms with E-state index in [2.05, 4.69) is 10.6 Å². The summed E-state index contributed by atoms with van der Waals surface area (Å²) in [6.45, 7) is 4.72. The molecule has 154 valence electrons. The van der Waals surface area contributed by atoms with E-state index >= 15 is 0 Å². The largest absolute Gasteiger partial charge is 0.452 e. The fraction of sp³-hybridized carbons (Fsp3) is 0.381. The van der Waals surface area contributed by atoms with Crippen molar-refractivity contribution >= 4 is 51.4 Å². The number of hydrogen-bond donors (Lipinski definition) is 2. The molecular weight excluding hydrogens is 412 g/mol. The molecule has 0 atom stereocenters. The number of anilines is 2. The van der Waals surface area contributed by atoms with E-state index in [0.717, 1.165) is 47.3 Å². The Hall–Kier alpha value is -2.38. The number of amides is 2. The molecule has 6 nitrogen and oxygen atoms in total. The third kappa shape index (κ3) is 4.97. The van der Waals surface area contributed by atoms with E-state index in [1.54, 1.807) is 6.07 Å². The summed E-state index contributed by atoms with van der Waals surface area (Å²) < 4.78 is 5.27. The van der Waals surface area contributed by atoms with Gasteiger partial charge in [-0.3, -0.25) is 9.59 Å². The van der Waals surface area contributed by atoms with Crippen LogP contribution in [0.3, 0.4) is 0 Å². The Balaban J connectivity index is 1.72. The van der Waals surface area contributed by atoms with Crippen LogP contribution in [0.5, 0.6) is 0 Å². The lowest BCUT2D eigenvalue weighted by atomic mass is 9.95. The zero-order valence-electron chi connectivity index (χ0n) is 16.6. The summed E-state index contributed by atoms with van der Waals surface area (Å²) in [4.78, 5) is 37.7. The minimum atomic E-state index is -0.602. The number of rotatable bonds is 5. The third-order valence-electron chi connectivity index (χ3n) is 4.70. The van der Waals surface area contributed by atoms with E-state index in [4.69, 9.17) is 16.3 Å². The molecule has 3 rings (SSSR count). The zero-order chi connectivity index (χ0) is 21.1. The van der Waals surface area contributed by atoms with Gasteiger partial charge in [-0.1, -0.05) is 17.7 Å². The number of fused-ring (bicyclic) bond motifs is 1. The standard InChI is InChI=1S/C21H23ClN2O4S/c1-11-8-12(2)19(15(22)9-11)24-17(26)10-28-21(27)18-14-6-4-5-7-16(14)29-20(18)23-13(3)25/h8-9H,4-7,10H2,1-3H3,(H,23,25)(H,24,26). The smallest absolute Gasteiger partial charge is 0.341 e. The van der Waals surface area contributed by atoms with Crippen molar-refractivity contribution in [2.24, 2.45) is 0 Å². The first-order chi connectivity index (χ1) is 13.8. The van der Waals surface area contributed by atoms with Crippen molar-refractivity contribution in [3.8, 4) is 0 Å². The van der Waals surface area contributed by atoms with E-state index < -0.39 is 18.5 Å². The molecule has 1 aliphatic rings. The summed E-state index contributed by atoms with van der Waals surface area (Å²) in [6, 6.07) is 3.67. The van der Waals surface area contributed by atoms with Crippen LogP contribution in [0.25, 0.3) is 0 Å². The van der Waals surface area contributed by atoms with Gasteiger partial charge in [0.2, 0.25) is 5.91 Å². The van der Waals surface area contributed by atoms with E-state index in [-0.39, 0.29) is 5.91 Å². The molecule has 8 heteroatoms. The SMILES string of the molecule is CC(=O)Nc1sc2c(c1C(=O)OCC(=O)Nc1c(C)cc(C)cc1Cl)CCCC2. The van der Waals surface area contributed by atoms with Crippen LogP contribution in [0.2, 0.25) is 5.02 Å². The van der Waals surface area contributed by atoms with Gasteiger partial charge in [0, 0.05) is 11.8 Å². The number of esters is 1. The highest BCUT2D eigenvalue weighted by Crippen LogP contribution is 2.38. The van der Waals surface area contributed by atoms with E-state index in [0.29, 0.717) is 21.3 Å². The number of ether oxygens (including phenoxy) is 1. The maximum absolute atomic E-state index is 12.7. The van der Waals surface area contributed by atoms with Gasteiger partial charge in [0.1, 0.15) is 5.00 Å². The lowest BCUT2D eigenvalue weighted by molar-refractivity contribution is -0.119. The highest BCUT2D eigenvalue weighted by atomic mass is 35.5. The second kappa shape index (κ2) is 8.97. The highest BCUT2D eigenvalue weighted by Gasteiger charge is 2.27. The molecule has 1 aromatic carbocycles. The Morgan fingerprint density at radius 2 is 1.86 bits per heavy atom. The van der Waals surface area contributed by atoms with Gasteiger partial charge in [0.15, 0.2) is 6.61 Å². The fourth-order valence-electron chi connectivity index (χ4n) is 3.48. The van der Waals surface area contributed by atoms with Crippen molar-refractivity contribution in [2.45, 2.75) is 46.5 Å². The zero-order valence-corrected chi connectivity index (χ0v) is 18.2. The number of halogens is 1. The molecular formula is C21H23ClN2O4S. The van der Waals surface area contributed by atoms with Crippen LogP contribution in [0, 0.1) is 13.8 Å². The Kier molecular flexibility index (Phi) is 6.59. The minimum Gasteiger partial charge on any atom is -0.452 e. The number of aryl methyl sites for hydroxylation is 3. The van der Waals surface area contributed by atoms with Crippen molar-refractivity contribution in [3.63, 3.8) is 0 Å². The van der Waals surface area contributed by atoms with E-state index in [1.165, 1.54) is 18.3 Å². The Labute approximate surface area is 178 Å². The number of nitrogens with one attached hydrogen (secondary N) is 2. The molecule has 0 unspecified atom stereocenters. The number of carbonyl (C=O) groups excluding carboxylic acids is 3. The molecule has 1 aromatic heterocycles. The summed E-state index contributed by atoms with van der Waals surface area (Å²) in [7, 11) is 0. The predicted octanol–water partition coefficient (Wildman–Crippen LogP) is 4.65. The Bertz CT molecular complexity index is 960. The molecule has 0 aliphatic heterocycles. The highest BCUT2D eigenvalue weighted by molar-refractivity contribution is 7.17. The summed E-state index contributed by atoms with van der Waals surface area (Å²) in [5, 5.41) is 6.35. The first-order valence-corrected chi connectivity index (χ1v) is 10.6. The lowest BCUT2D eigenvalue weighted by Gasteiger charge is -2.14. The maximum Gasteiger partial charge on any atom is 0.341 e. The van der Waals surface area contributed by atoms with Gasteiger partial charge in [-0.2, -0.15) is 0 Å². The quantitative estimate of drug-likeness (QED) is 0.671. The van der Waals surface area contributed by atoms with Gasteiger partial charge < -0.3 is 15.4 Å². The van der Waals surface area contributed by atoms with Gasteiger partial charge in [0.05, 0.1) is 16.3 Å². The van der Waals surface area contributed by atoms with Crippen LogP contribution in [0.15, 0.2) is 12.1 Å². The molecule has 0 spiro atoms. The number of benzene rings is 1. The van der Waals surface area contributed by atoms with Crippen molar-refractivity contribution in [3.05, 3.63) is 44.3 Å². The van der Waals surface area contributed by atoms with Crippen molar-refractivity contribution in [1.29, 1.82) is 0 Å².